The third-order valence-electron chi connectivity index (χ3n) is 3.07. The molecule has 0 amide bonds. The summed E-state index contributed by atoms with van der Waals surface area (Å²) in [5.41, 5.74) is 1.17. The largest absolute Gasteiger partial charge is 0.496 e. The van der Waals surface area contributed by atoms with E-state index in [1.807, 2.05) is 12.1 Å². The van der Waals surface area contributed by atoms with Crippen molar-refractivity contribution in [1.82, 2.24) is 0 Å². The van der Waals surface area contributed by atoms with Crippen molar-refractivity contribution < 1.29 is 14.6 Å². The quantitative estimate of drug-likeness (QED) is 0.736. The maximum absolute atomic E-state index is 10.7. The van der Waals surface area contributed by atoms with Crippen LogP contribution < -0.4 is 9.47 Å². The molecular formula is C15H13Br2ClO3. The highest BCUT2D eigenvalue weighted by molar-refractivity contribution is 9.10. The second-order valence-corrected chi connectivity index (χ2v) is 6.36. The maximum atomic E-state index is 10.7. The summed E-state index contributed by atoms with van der Waals surface area (Å²) in [6.45, 7) is 0. The van der Waals surface area contributed by atoms with Crippen molar-refractivity contribution in [2.45, 2.75) is 6.10 Å². The highest BCUT2D eigenvalue weighted by Gasteiger charge is 2.21. The molecule has 2 aromatic carbocycles. The van der Waals surface area contributed by atoms with Gasteiger partial charge in [-0.2, -0.15) is 0 Å². The molecule has 0 aromatic heterocycles. The molecule has 1 unspecified atom stereocenters. The van der Waals surface area contributed by atoms with E-state index >= 15 is 0 Å². The fourth-order valence-corrected chi connectivity index (χ4v) is 3.09. The molecule has 0 fully saturated rings. The van der Waals surface area contributed by atoms with E-state index in [9.17, 15) is 5.11 Å². The zero-order chi connectivity index (χ0) is 15.6. The Kier molecular flexibility index (Phi) is 5.54. The predicted octanol–water partition coefficient (Wildman–Crippen LogP) is 4.96. The van der Waals surface area contributed by atoms with Crippen LogP contribution in [0.1, 0.15) is 17.2 Å². The van der Waals surface area contributed by atoms with Gasteiger partial charge in [-0.05, 0) is 50.1 Å². The zero-order valence-corrected chi connectivity index (χ0v) is 15.3. The van der Waals surface area contributed by atoms with Crippen LogP contribution in [0.4, 0.5) is 0 Å². The fourth-order valence-electron chi connectivity index (χ4n) is 2.00. The van der Waals surface area contributed by atoms with Gasteiger partial charge in [0.1, 0.15) is 17.6 Å². The van der Waals surface area contributed by atoms with Crippen LogP contribution in [0.2, 0.25) is 5.02 Å². The summed E-state index contributed by atoms with van der Waals surface area (Å²) < 4.78 is 12.1. The lowest BCUT2D eigenvalue weighted by molar-refractivity contribution is 0.214. The molecule has 112 valence electrons. The van der Waals surface area contributed by atoms with Crippen molar-refractivity contribution in [3.8, 4) is 11.5 Å². The van der Waals surface area contributed by atoms with Gasteiger partial charge in [-0.15, -0.1) is 0 Å². The molecule has 0 saturated carbocycles. The number of hydrogen-bond acceptors (Lipinski definition) is 3. The van der Waals surface area contributed by atoms with E-state index in [2.05, 4.69) is 31.9 Å². The maximum Gasteiger partial charge on any atom is 0.133 e. The second kappa shape index (κ2) is 7.01. The molecule has 3 nitrogen and oxygen atoms in total. The lowest BCUT2D eigenvalue weighted by Gasteiger charge is -2.18. The van der Waals surface area contributed by atoms with E-state index < -0.39 is 6.10 Å². The number of ether oxygens (including phenoxy) is 2. The van der Waals surface area contributed by atoms with Gasteiger partial charge in [0.15, 0.2) is 0 Å². The molecule has 0 saturated heterocycles. The van der Waals surface area contributed by atoms with E-state index in [4.69, 9.17) is 21.1 Å². The van der Waals surface area contributed by atoms with Crippen molar-refractivity contribution in [3.63, 3.8) is 0 Å². The Hall–Kier alpha value is -0.750. The van der Waals surface area contributed by atoms with E-state index in [-0.39, 0.29) is 0 Å². The first-order valence-corrected chi connectivity index (χ1v) is 7.99. The summed E-state index contributed by atoms with van der Waals surface area (Å²) >= 11 is 13.0. The first-order valence-electron chi connectivity index (χ1n) is 6.03. The van der Waals surface area contributed by atoms with Crippen molar-refractivity contribution in [2.75, 3.05) is 14.2 Å². The predicted molar refractivity (Wildman–Crippen MR) is 90.5 cm³/mol. The van der Waals surface area contributed by atoms with Crippen molar-refractivity contribution in [2.24, 2.45) is 0 Å². The fraction of sp³-hybridized carbons (Fsp3) is 0.200. The van der Waals surface area contributed by atoms with Crippen LogP contribution in [0.15, 0.2) is 39.3 Å². The number of methoxy groups -OCH3 is 2. The minimum Gasteiger partial charge on any atom is -0.496 e. The minimum absolute atomic E-state index is 0.467. The van der Waals surface area contributed by atoms with E-state index in [0.717, 1.165) is 8.95 Å². The average Bonchev–Trinajstić information content (AvgIpc) is 2.49. The first-order chi connectivity index (χ1) is 9.99. The van der Waals surface area contributed by atoms with Gasteiger partial charge in [-0.1, -0.05) is 23.7 Å². The SMILES string of the molecule is COc1cc(C(O)c2cccc(Br)c2Cl)c(OC)cc1Br. The molecule has 2 aromatic rings. The summed E-state index contributed by atoms with van der Waals surface area (Å²) in [7, 11) is 3.11. The summed E-state index contributed by atoms with van der Waals surface area (Å²) in [4.78, 5) is 0. The van der Waals surface area contributed by atoms with Crippen molar-refractivity contribution in [1.29, 1.82) is 0 Å². The smallest absolute Gasteiger partial charge is 0.133 e. The molecule has 0 bridgehead atoms. The topological polar surface area (TPSA) is 38.7 Å². The number of hydrogen-bond donors (Lipinski definition) is 1. The Morgan fingerprint density at radius 2 is 1.67 bits per heavy atom. The number of benzene rings is 2. The average molecular weight is 437 g/mol. The van der Waals surface area contributed by atoms with E-state index in [0.29, 0.717) is 27.6 Å². The van der Waals surface area contributed by atoms with Gasteiger partial charge < -0.3 is 14.6 Å². The summed E-state index contributed by atoms with van der Waals surface area (Å²) in [5, 5.41) is 11.1. The number of rotatable bonds is 4. The molecule has 21 heavy (non-hydrogen) atoms. The number of halogens is 3. The van der Waals surface area contributed by atoms with Crippen LogP contribution in [-0.2, 0) is 0 Å². The Labute approximate surface area is 145 Å². The molecule has 0 radical (unpaired) electrons. The molecule has 0 aliphatic rings. The van der Waals surface area contributed by atoms with Gasteiger partial charge in [-0.3, -0.25) is 0 Å². The van der Waals surface area contributed by atoms with Crippen LogP contribution >= 0.6 is 43.5 Å². The van der Waals surface area contributed by atoms with Gasteiger partial charge in [-0.25, -0.2) is 0 Å². The lowest BCUT2D eigenvalue weighted by atomic mass is 10.0. The van der Waals surface area contributed by atoms with Gasteiger partial charge in [0.2, 0.25) is 0 Å². The van der Waals surface area contributed by atoms with Crippen LogP contribution in [-0.4, -0.2) is 19.3 Å². The second-order valence-electron chi connectivity index (χ2n) is 4.27. The van der Waals surface area contributed by atoms with Gasteiger partial charge in [0.25, 0.3) is 0 Å². The van der Waals surface area contributed by atoms with Crippen LogP contribution in [0.5, 0.6) is 11.5 Å². The molecule has 0 aliphatic heterocycles. The van der Waals surface area contributed by atoms with Crippen LogP contribution in [0.25, 0.3) is 0 Å². The molecule has 6 heteroatoms. The van der Waals surface area contributed by atoms with E-state index in [1.54, 1.807) is 32.4 Å². The Morgan fingerprint density at radius 3 is 2.29 bits per heavy atom. The van der Waals surface area contributed by atoms with Gasteiger partial charge >= 0.3 is 0 Å². The zero-order valence-electron chi connectivity index (χ0n) is 11.4. The lowest BCUT2D eigenvalue weighted by Crippen LogP contribution is -2.04. The molecule has 0 aliphatic carbocycles. The normalized spacial score (nSPS) is 12.1. The minimum atomic E-state index is -0.924. The standard InChI is InChI=1S/C15H13Br2ClO3/c1-20-12-7-11(17)13(21-2)6-9(12)15(19)8-4-3-5-10(16)14(8)18/h3-7,15,19H,1-2H3. The third kappa shape index (κ3) is 3.37. The molecule has 0 spiro atoms. The molecule has 0 heterocycles. The summed E-state index contributed by atoms with van der Waals surface area (Å²) in [5.74, 6) is 1.15. The number of aliphatic hydroxyl groups is 1. The van der Waals surface area contributed by atoms with Gasteiger partial charge in [0, 0.05) is 15.6 Å². The van der Waals surface area contributed by atoms with E-state index in [1.165, 1.54) is 0 Å². The highest BCUT2D eigenvalue weighted by Crippen LogP contribution is 2.40. The molecule has 2 rings (SSSR count). The Morgan fingerprint density at radius 1 is 1.00 bits per heavy atom. The highest BCUT2D eigenvalue weighted by atomic mass is 79.9. The first kappa shape index (κ1) is 16.6. The molecule has 1 atom stereocenters. The van der Waals surface area contributed by atoms with Crippen LogP contribution in [0.3, 0.4) is 0 Å². The Balaban J connectivity index is 2.56. The molecular weight excluding hydrogens is 423 g/mol. The van der Waals surface area contributed by atoms with Crippen LogP contribution in [0, 0.1) is 0 Å². The summed E-state index contributed by atoms with van der Waals surface area (Å²) in [6, 6.07) is 8.88. The number of aliphatic hydroxyl groups excluding tert-OH is 1. The Bertz CT molecular complexity index is 662. The third-order valence-corrected chi connectivity index (χ3v) is 5.01. The van der Waals surface area contributed by atoms with Gasteiger partial charge in [0.05, 0.1) is 23.7 Å². The molecule has 1 N–H and O–H groups in total. The summed E-state index contributed by atoms with van der Waals surface area (Å²) in [6.07, 6.45) is -0.924. The monoisotopic (exact) mass is 434 g/mol. The van der Waals surface area contributed by atoms with Crippen molar-refractivity contribution >= 4 is 43.5 Å². The van der Waals surface area contributed by atoms with Crippen molar-refractivity contribution in [3.05, 3.63) is 55.4 Å².